The minimum atomic E-state index is -0.0679. The highest BCUT2D eigenvalue weighted by molar-refractivity contribution is 7.99. The summed E-state index contributed by atoms with van der Waals surface area (Å²) in [5, 5.41) is 4.77. The minimum absolute atomic E-state index is 0.0679. The van der Waals surface area contributed by atoms with Crippen LogP contribution < -0.4 is 5.32 Å². The van der Waals surface area contributed by atoms with Crippen LogP contribution in [0, 0.1) is 0 Å². The zero-order valence-electron chi connectivity index (χ0n) is 11.6. The summed E-state index contributed by atoms with van der Waals surface area (Å²) in [6.07, 6.45) is 3.74. The molecule has 1 unspecified atom stereocenters. The molecule has 3 rings (SSSR count). The quantitative estimate of drug-likeness (QED) is 0.872. The molecule has 0 aliphatic carbocycles. The molecule has 3 nitrogen and oxygen atoms in total. The van der Waals surface area contributed by atoms with E-state index in [0.29, 0.717) is 16.0 Å². The maximum Gasteiger partial charge on any atom is 0.252 e. The molecule has 1 aromatic carbocycles. The van der Waals surface area contributed by atoms with Crippen molar-refractivity contribution in [2.45, 2.75) is 24.5 Å². The molecule has 0 radical (unpaired) electrons. The first kappa shape index (κ1) is 14.7. The molecular formula is C16H17ClN2OS. The largest absolute Gasteiger partial charge is 0.351 e. The number of carbonyl (C=O) groups excluding carboxylic acids is 1. The van der Waals surface area contributed by atoms with Gasteiger partial charge in [0.25, 0.3) is 5.91 Å². The van der Waals surface area contributed by atoms with E-state index in [2.05, 4.69) is 10.3 Å². The Labute approximate surface area is 133 Å². The fourth-order valence-electron chi connectivity index (χ4n) is 2.60. The number of hydrogen-bond acceptors (Lipinski definition) is 3. The van der Waals surface area contributed by atoms with E-state index in [0.717, 1.165) is 17.4 Å². The summed E-state index contributed by atoms with van der Waals surface area (Å²) in [7, 11) is 0. The van der Waals surface area contributed by atoms with E-state index in [9.17, 15) is 4.79 Å². The molecule has 0 saturated carbocycles. The minimum Gasteiger partial charge on any atom is -0.351 e. The van der Waals surface area contributed by atoms with Crippen LogP contribution in [-0.4, -0.2) is 28.4 Å². The predicted molar refractivity (Wildman–Crippen MR) is 89.2 cm³/mol. The van der Waals surface area contributed by atoms with Crippen LogP contribution in [-0.2, 0) is 0 Å². The van der Waals surface area contributed by atoms with Crippen molar-refractivity contribution in [1.29, 1.82) is 0 Å². The highest BCUT2D eigenvalue weighted by Gasteiger charge is 2.17. The maximum atomic E-state index is 12.4. The van der Waals surface area contributed by atoms with Crippen LogP contribution in [0.5, 0.6) is 0 Å². The Morgan fingerprint density at radius 1 is 1.38 bits per heavy atom. The highest BCUT2D eigenvalue weighted by atomic mass is 35.5. The Hall–Kier alpha value is -1.26. The van der Waals surface area contributed by atoms with Gasteiger partial charge in [-0.2, -0.15) is 11.8 Å². The number of halogens is 1. The SMILES string of the molecule is O=C(NCC1CCCCS1)c1cc(Cl)nc2ccccc12. The molecule has 1 amide bonds. The van der Waals surface area contributed by atoms with Crippen molar-refractivity contribution in [3.8, 4) is 0 Å². The molecule has 110 valence electrons. The second kappa shape index (κ2) is 6.67. The van der Waals surface area contributed by atoms with Crippen LogP contribution >= 0.6 is 23.4 Å². The van der Waals surface area contributed by atoms with Gasteiger partial charge < -0.3 is 5.32 Å². The van der Waals surface area contributed by atoms with Crippen LogP contribution in [0.15, 0.2) is 30.3 Å². The summed E-state index contributed by atoms with van der Waals surface area (Å²) >= 11 is 7.98. The van der Waals surface area contributed by atoms with Gasteiger partial charge in [-0.25, -0.2) is 4.98 Å². The van der Waals surface area contributed by atoms with Gasteiger partial charge in [0.05, 0.1) is 11.1 Å². The summed E-state index contributed by atoms with van der Waals surface area (Å²) in [6.45, 7) is 0.720. The van der Waals surface area contributed by atoms with Crippen LogP contribution in [0.2, 0.25) is 5.15 Å². The van der Waals surface area contributed by atoms with E-state index in [1.54, 1.807) is 6.07 Å². The van der Waals surface area contributed by atoms with E-state index in [1.807, 2.05) is 36.0 Å². The van der Waals surface area contributed by atoms with E-state index >= 15 is 0 Å². The summed E-state index contributed by atoms with van der Waals surface area (Å²) in [5.74, 6) is 1.13. The van der Waals surface area contributed by atoms with Crippen LogP contribution in [0.3, 0.4) is 0 Å². The number of para-hydroxylation sites is 1. The number of rotatable bonds is 3. The van der Waals surface area contributed by atoms with Crippen LogP contribution in [0.1, 0.15) is 29.6 Å². The third-order valence-corrected chi connectivity index (χ3v) is 5.29. The normalized spacial score (nSPS) is 18.6. The lowest BCUT2D eigenvalue weighted by molar-refractivity contribution is 0.0955. The van der Waals surface area contributed by atoms with Gasteiger partial charge in [-0.1, -0.05) is 36.2 Å². The number of fused-ring (bicyclic) bond motifs is 1. The van der Waals surface area contributed by atoms with Crippen molar-refractivity contribution in [3.05, 3.63) is 41.0 Å². The first-order chi connectivity index (χ1) is 10.2. The molecule has 1 aliphatic heterocycles. The van der Waals surface area contributed by atoms with E-state index in [-0.39, 0.29) is 5.91 Å². The number of hydrogen-bond donors (Lipinski definition) is 1. The summed E-state index contributed by atoms with van der Waals surface area (Å²) in [5.41, 5.74) is 1.36. The Bertz CT molecular complexity index is 656. The fraction of sp³-hybridized carbons (Fsp3) is 0.375. The van der Waals surface area contributed by atoms with Gasteiger partial charge in [0.2, 0.25) is 0 Å². The number of carbonyl (C=O) groups is 1. The summed E-state index contributed by atoms with van der Waals surface area (Å²) in [4.78, 5) is 16.7. The van der Waals surface area contributed by atoms with Gasteiger partial charge in [0.15, 0.2) is 0 Å². The van der Waals surface area contributed by atoms with Crippen molar-refractivity contribution in [1.82, 2.24) is 10.3 Å². The molecule has 2 aromatic rings. The Morgan fingerprint density at radius 2 is 2.24 bits per heavy atom. The second-order valence-corrected chi connectivity index (χ2v) is 7.00. The molecule has 1 aliphatic rings. The van der Waals surface area contributed by atoms with Crippen LogP contribution in [0.4, 0.5) is 0 Å². The lowest BCUT2D eigenvalue weighted by Gasteiger charge is -2.21. The number of pyridine rings is 1. The molecule has 2 heterocycles. The van der Waals surface area contributed by atoms with Crippen molar-refractivity contribution < 1.29 is 4.79 Å². The van der Waals surface area contributed by atoms with Crippen molar-refractivity contribution >= 4 is 40.2 Å². The number of nitrogens with one attached hydrogen (secondary N) is 1. The van der Waals surface area contributed by atoms with Gasteiger partial charge in [0, 0.05) is 17.2 Å². The third kappa shape index (κ3) is 3.50. The Kier molecular flexibility index (Phi) is 4.66. The Morgan fingerprint density at radius 3 is 3.05 bits per heavy atom. The predicted octanol–water partition coefficient (Wildman–Crippen LogP) is 3.90. The average molecular weight is 321 g/mol. The first-order valence-electron chi connectivity index (χ1n) is 7.19. The topological polar surface area (TPSA) is 42.0 Å². The van der Waals surface area contributed by atoms with Gasteiger partial charge in [-0.15, -0.1) is 0 Å². The molecule has 1 N–H and O–H groups in total. The van der Waals surface area contributed by atoms with Crippen LogP contribution in [0.25, 0.3) is 10.9 Å². The first-order valence-corrected chi connectivity index (χ1v) is 8.62. The van der Waals surface area contributed by atoms with Crippen molar-refractivity contribution in [2.75, 3.05) is 12.3 Å². The number of thioether (sulfide) groups is 1. The average Bonchev–Trinajstić information content (AvgIpc) is 2.52. The van der Waals surface area contributed by atoms with Gasteiger partial charge in [-0.3, -0.25) is 4.79 Å². The molecule has 1 saturated heterocycles. The maximum absolute atomic E-state index is 12.4. The Balaban J connectivity index is 1.77. The fourth-order valence-corrected chi connectivity index (χ4v) is 4.04. The summed E-state index contributed by atoms with van der Waals surface area (Å²) in [6, 6.07) is 9.23. The zero-order valence-corrected chi connectivity index (χ0v) is 13.2. The molecule has 1 atom stereocenters. The van der Waals surface area contributed by atoms with Gasteiger partial charge in [-0.05, 0) is 30.7 Å². The van der Waals surface area contributed by atoms with Crippen molar-refractivity contribution in [2.24, 2.45) is 0 Å². The highest BCUT2D eigenvalue weighted by Crippen LogP contribution is 2.25. The molecular weight excluding hydrogens is 304 g/mol. The van der Waals surface area contributed by atoms with Gasteiger partial charge in [0.1, 0.15) is 5.15 Å². The number of nitrogens with zero attached hydrogens (tertiary/aromatic N) is 1. The molecule has 21 heavy (non-hydrogen) atoms. The zero-order chi connectivity index (χ0) is 14.7. The second-order valence-electron chi connectivity index (χ2n) is 5.21. The standard InChI is InChI=1S/C16H17ClN2OS/c17-15-9-13(12-6-1-2-7-14(12)19-15)16(20)18-10-11-5-3-4-8-21-11/h1-2,6-7,9,11H,3-5,8,10H2,(H,18,20). The number of amides is 1. The van der Waals surface area contributed by atoms with Gasteiger partial charge >= 0.3 is 0 Å². The monoisotopic (exact) mass is 320 g/mol. The van der Waals surface area contributed by atoms with E-state index in [4.69, 9.17) is 11.6 Å². The smallest absolute Gasteiger partial charge is 0.252 e. The van der Waals surface area contributed by atoms with E-state index in [1.165, 1.54) is 25.0 Å². The molecule has 5 heteroatoms. The third-order valence-electron chi connectivity index (χ3n) is 3.69. The lowest BCUT2D eigenvalue weighted by atomic mass is 10.1. The molecule has 1 aromatic heterocycles. The molecule has 0 bridgehead atoms. The molecule has 1 fully saturated rings. The molecule has 0 spiro atoms. The summed E-state index contributed by atoms with van der Waals surface area (Å²) < 4.78 is 0. The lowest BCUT2D eigenvalue weighted by Crippen LogP contribution is -2.32. The number of aromatic nitrogens is 1. The number of benzene rings is 1. The van der Waals surface area contributed by atoms with Crippen molar-refractivity contribution in [3.63, 3.8) is 0 Å². The van der Waals surface area contributed by atoms with E-state index < -0.39 is 0 Å².